The fourth-order valence-electron chi connectivity index (χ4n) is 8.81. The Balaban J connectivity index is 1.34. The molecular weight excluding hydrogens is 628 g/mol. The average Bonchev–Trinajstić information content (AvgIpc) is 3.90. The maximum Gasteiger partial charge on any atom is 0.285 e. The molecule has 264 valence electrons. The van der Waals surface area contributed by atoms with Crippen LogP contribution in [0.5, 0.6) is 0 Å². The summed E-state index contributed by atoms with van der Waals surface area (Å²) in [6.07, 6.45) is 7.09. The molecule has 2 N–H and O–H groups in total. The summed E-state index contributed by atoms with van der Waals surface area (Å²) in [4.78, 5) is 69.1. The summed E-state index contributed by atoms with van der Waals surface area (Å²) < 4.78 is 26.5. The first-order valence-corrected chi connectivity index (χ1v) is 19.7. The van der Waals surface area contributed by atoms with Crippen molar-refractivity contribution in [3.05, 3.63) is 30.3 Å². The summed E-state index contributed by atoms with van der Waals surface area (Å²) in [6, 6.07) is 7.59. The molecule has 0 aromatic heterocycles. The molecule has 3 saturated carbocycles. The number of hydrogen-bond donors (Lipinski definition) is 1. The van der Waals surface area contributed by atoms with E-state index in [1.807, 2.05) is 13.8 Å². The second-order valence-electron chi connectivity index (χ2n) is 16.2. The summed E-state index contributed by atoms with van der Waals surface area (Å²) in [7, 11) is -3.60. The highest BCUT2D eigenvalue weighted by molar-refractivity contribution is 7.91. The lowest BCUT2D eigenvalue weighted by molar-refractivity contribution is -0.147. The van der Waals surface area contributed by atoms with E-state index in [4.69, 9.17) is 5.73 Å². The molecule has 9 nitrogen and oxygen atoms in total. The first-order valence-electron chi connectivity index (χ1n) is 18.1. The van der Waals surface area contributed by atoms with Gasteiger partial charge in [-0.25, -0.2) is 8.42 Å². The van der Waals surface area contributed by atoms with Gasteiger partial charge in [-0.1, -0.05) is 78.0 Å². The summed E-state index contributed by atoms with van der Waals surface area (Å²) in [5.74, 6) is -3.72. The van der Waals surface area contributed by atoms with Gasteiger partial charge < -0.3 is 10.6 Å². The first-order chi connectivity index (χ1) is 22.6. The van der Waals surface area contributed by atoms with E-state index in [0.29, 0.717) is 18.9 Å². The van der Waals surface area contributed by atoms with Crippen molar-refractivity contribution in [2.24, 2.45) is 58.5 Å². The molecule has 1 saturated heterocycles. The molecule has 48 heavy (non-hydrogen) atoms. The van der Waals surface area contributed by atoms with Crippen LogP contribution in [0.1, 0.15) is 98.3 Å². The Hall–Kier alpha value is -2.88. The van der Waals surface area contributed by atoms with Gasteiger partial charge in [0, 0.05) is 37.6 Å². The molecule has 2 amide bonds. The number of nitrogens with two attached hydrogens (primary N) is 1. The number of carbonyl (C=O) groups is 5. The highest BCUT2D eigenvalue weighted by Gasteiger charge is 2.69. The second-order valence-corrected chi connectivity index (χ2v) is 18.2. The van der Waals surface area contributed by atoms with Crippen LogP contribution in [0.15, 0.2) is 35.2 Å². The standard InChI is InChI=1S/C38H54N2O7S/c1-23(2)27(22-48(46,47)29-13-9-6-10-14-29)18-28(41)20-30(25-11-7-5-8-12-25)37(45)40-21-31-33(38(31,3)4)34(40)32(42)19-26(17-24-15-16-24)35(43)36(39)44/h6,9-10,13-14,23-27,30-31,33-34H,5,7-8,11-12,15-22H2,1-4H3,(H2,39,44)/t26?,27-,30+,31?,33+,34-/m1/s1. The smallest absolute Gasteiger partial charge is 0.285 e. The van der Waals surface area contributed by atoms with Gasteiger partial charge in [0.05, 0.1) is 16.7 Å². The number of nitrogens with zero attached hydrogens (tertiary/aromatic N) is 1. The number of hydrogen-bond acceptors (Lipinski definition) is 7. The number of fused-ring (bicyclic) bond motifs is 1. The van der Waals surface area contributed by atoms with E-state index in [1.165, 1.54) is 0 Å². The van der Waals surface area contributed by atoms with Crippen molar-refractivity contribution in [2.75, 3.05) is 12.3 Å². The van der Waals surface area contributed by atoms with Gasteiger partial charge in [-0.05, 0) is 72.3 Å². The number of likely N-dealkylation sites (tertiary alicyclic amines) is 1. The number of piperidine rings is 1. The van der Waals surface area contributed by atoms with Crippen LogP contribution in [0.4, 0.5) is 0 Å². The van der Waals surface area contributed by atoms with Gasteiger partial charge in [0.15, 0.2) is 15.6 Å². The van der Waals surface area contributed by atoms with Crippen molar-refractivity contribution in [1.82, 2.24) is 4.90 Å². The molecular formula is C38H54N2O7S. The van der Waals surface area contributed by atoms with E-state index in [2.05, 4.69) is 13.8 Å². The Kier molecular flexibility index (Phi) is 11.0. The topological polar surface area (TPSA) is 149 Å². The van der Waals surface area contributed by atoms with Crippen LogP contribution in [-0.4, -0.2) is 60.8 Å². The van der Waals surface area contributed by atoms with Crippen LogP contribution in [0.25, 0.3) is 0 Å². The minimum atomic E-state index is -3.60. The lowest BCUT2D eigenvalue weighted by Gasteiger charge is -2.37. The third-order valence-corrected chi connectivity index (χ3v) is 14.0. The van der Waals surface area contributed by atoms with E-state index in [9.17, 15) is 32.4 Å². The lowest BCUT2D eigenvalue weighted by Crippen LogP contribution is -2.50. The van der Waals surface area contributed by atoms with Gasteiger partial charge in [0.25, 0.3) is 5.91 Å². The number of primary amides is 1. The third kappa shape index (κ3) is 8.11. The van der Waals surface area contributed by atoms with Crippen LogP contribution in [0, 0.1) is 52.8 Å². The van der Waals surface area contributed by atoms with Gasteiger partial charge in [0.1, 0.15) is 5.78 Å². The van der Waals surface area contributed by atoms with Gasteiger partial charge in [0.2, 0.25) is 11.7 Å². The zero-order valence-electron chi connectivity index (χ0n) is 29.1. The van der Waals surface area contributed by atoms with E-state index in [0.717, 1.165) is 44.9 Å². The van der Waals surface area contributed by atoms with Crippen molar-refractivity contribution in [1.29, 1.82) is 0 Å². The quantitative estimate of drug-likeness (QED) is 0.222. The average molecular weight is 683 g/mol. The Morgan fingerprint density at radius 1 is 0.917 bits per heavy atom. The molecule has 4 fully saturated rings. The molecule has 1 aromatic carbocycles. The first kappa shape index (κ1) is 36.4. The SMILES string of the molecule is CC(C)[C@H](CC(=O)C[C@H](C(=O)N1CC2[C@@H]([C@H]1C(=O)CC(CC1CC1)C(=O)C(N)=O)C2(C)C)C1CCCCC1)CS(=O)(=O)c1ccccc1. The van der Waals surface area contributed by atoms with Gasteiger partial charge in [-0.3, -0.25) is 24.0 Å². The van der Waals surface area contributed by atoms with Crippen molar-refractivity contribution in [3.63, 3.8) is 0 Å². The van der Waals surface area contributed by atoms with Crippen molar-refractivity contribution in [3.8, 4) is 0 Å². The number of rotatable bonds is 17. The molecule has 6 atom stereocenters. The van der Waals surface area contributed by atoms with Gasteiger partial charge in [-0.15, -0.1) is 0 Å². The van der Waals surface area contributed by atoms with Crippen molar-refractivity contribution < 1.29 is 32.4 Å². The highest BCUT2D eigenvalue weighted by atomic mass is 32.2. The molecule has 0 spiro atoms. The minimum absolute atomic E-state index is 0.0143. The Morgan fingerprint density at radius 2 is 1.56 bits per heavy atom. The molecule has 3 aliphatic carbocycles. The Morgan fingerprint density at radius 3 is 2.15 bits per heavy atom. The predicted molar refractivity (Wildman–Crippen MR) is 182 cm³/mol. The number of ketones is 3. The monoisotopic (exact) mass is 682 g/mol. The van der Waals surface area contributed by atoms with Gasteiger partial charge >= 0.3 is 0 Å². The number of carbonyl (C=O) groups excluding carboxylic acids is 5. The second kappa shape index (κ2) is 14.5. The van der Waals surface area contributed by atoms with Crippen molar-refractivity contribution >= 4 is 39.0 Å². The fourth-order valence-corrected chi connectivity index (χ4v) is 10.6. The Bertz CT molecular complexity index is 1490. The van der Waals surface area contributed by atoms with E-state index >= 15 is 0 Å². The largest absolute Gasteiger partial charge is 0.363 e. The van der Waals surface area contributed by atoms with E-state index < -0.39 is 45.3 Å². The summed E-state index contributed by atoms with van der Waals surface area (Å²) in [5, 5.41) is 0. The zero-order valence-corrected chi connectivity index (χ0v) is 29.9. The van der Waals surface area contributed by atoms with Crippen molar-refractivity contribution in [2.45, 2.75) is 109 Å². The molecule has 1 aromatic rings. The summed E-state index contributed by atoms with van der Waals surface area (Å²) in [6.45, 7) is 8.51. The third-order valence-electron chi connectivity index (χ3n) is 12.1. The van der Waals surface area contributed by atoms with Crippen LogP contribution in [0.2, 0.25) is 0 Å². The van der Waals surface area contributed by atoms with E-state index in [-0.39, 0.29) is 76.5 Å². The molecule has 2 unspecified atom stereocenters. The molecule has 0 bridgehead atoms. The maximum absolute atomic E-state index is 14.6. The fraction of sp³-hybridized carbons (Fsp3) is 0.711. The predicted octanol–water partition coefficient (Wildman–Crippen LogP) is 5.19. The van der Waals surface area contributed by atoms with Crippen LogP contribution in [-0.2, 0) is 33.8 Å². The lowest BCUT2D eigenvalue weighted by atomic mass is 9.76. The van der Waals surface area contributed by atoms with Gasteiger partial charge in [-0.2, -0.15) is 0 Å². The number of amides is 2. The normalized spacial score (nSPS) is 25.6. The number of sulfone groups is 1. The molecule has 10 heteroatoms. The van der Waals surface area contributed by atoms with Crippen LogP contribution < -0.4 is 5.73 Å². The van der Waals surface area contributed by atoms with Crippen LogP contribution in [0.3, 0.4) is 0 Å². The maximum atomic E-state index is 14.6. The highest BCUT2D eigenvalue weighted by Crippen LogP contribution is 2.65. The zero-order chi connectivity index (χ0) is 35.0. The number of benzene rings is 1. The number of Topliss-reactive ketones (excluding diaryl/α,β-unsaturated/α-hetero) is 3. The molecule has 1 heterocycles. The summed E-state index contributed by atoms with van der Waals surface area (Å²) in [5.41, 5.74) is 5.25. The van der Waals surface area contributed by atoms with E-state index in [1.54, 1.807) is 35.2 Å². The Labute approximate surface area is 286 Å². The molecule has 0 radical (unpaired) electrons. The minimum Gasteiger partial charge on any atom is -0.363 e. The summed E-state index contributed by atoms with van der Waals surface area (Å²) >= 11 is 0. The van der Waals surface area contributed by atoms with Crippen LogP contribution >= 0.6 is 0 Å². The molecule has 5 rings (SSSR count). The molecule has 4 aliphatic rings. The molecule has 1 aliphatic heterocycles.